The Morgan fingerprint density at radius 1 is 1.33 bits per heavy atom. The van der Waals surface area contributed by atoms with Crippen LogP contribution in [0.15, 0.2) is 0 Å². The number of nitrogens with zero attached hydrogens (tertiary/aromatic N) is 1. The van der Waals surface area contributed by atoms with Crippen molar-refractivity contribution >= 4 is 5.78 Å². The van der Waals surface area contributed by atoms with Gasteiger partial charge in [-0.15, -0.1) is 0 Å². The van der Waals surface area contributed by atoms with Crippen LogP contribution in [0.2, 0.25) is 0 Å². The van der Waals surface area contributed by atoms with Gasteiger partial charge in [-0.25, -0.2) is 0 Å². The number of ketones is 1. The highest BCUT2D eigenvalue weighted by Gasteiger charge is 2.31. The van der Waals surface area contributed by atoms with E-state index in [1.807, 2.05) is 0 Å². The Balaban J connectivity index is 2.15. The van der Waals surface area contributed by atoms with E-state index in [-0.39, 0.29) is 0 Å². The minimum atomic E-state index is 0.440. The zero-order chi connectivity index (χ0) is 6.27. The predicted molar refractivity (Wildman–Crippen MR) is 34.2 cm³/mol. The van der Waals surface area contributed by atoms with E-state index in [0.717, 1.165) is 32.5 Å². The molecule has 0 radical (unpaired) electrons. The molecule has 0 aromatic rings. The predicted octanol–water partition coefficient (Wildman–Crippen LogP) is 0.281. The number of fused-ring (bicyclic) bond motifs is 3. The summed E-state index contributed by atoms with van der Waals surface area (Å²) in [6.07, 6.45) is 2.25. The lowest BCUT2D eigenvalue weighted by atomic mass is 9.92. The van der Waals surface area contributed by atoms with Crippen molar-refractivity contribution in [2.45, 2.75) is 12.8 Å². The van der Waals surface area contributed by atoms with Crippen molar-refractivity contribution in [1.82, 2.24) is 4.90 Å². The molecule has 3 rings (SSSR count). The van der Waals surface area contributed by atoms with Crippen LogP contribution < -0.4 is 0 Å². The van der Waals surface area contributed by atoms with E-state index < -0.39 is 0 Å². The first-order valence-corrected chi connectivity index (χ1v) is 3.61. The summed E-state index contributed by atoms with van der Waals surface area (Å²) in [5.41, 5.74) is 0. The van der Waals surface area contributed by atoms with Crippen LogP contribution in [0.4, 0.5) is 0 Å². The fourth-order valence-electron chi connectivity index (χ4n) is 1.76. The maximum Gasteiger partial charge on any atom is 0.149 e. The third kappa shape index (κ3) is 0.778. The third-order valence-electron chi connectivity index (χ3n) is 2.42. The summed E-state index contributed by atoms with van der Waals surface area (Å²) in [4.78, 5) is 13.3. The molecule has 0 aliphatic carbocycles. The Morgan fingerprint density at radius 2 is 2.00 bits per heavy atom. The van der Waals surface area contributed by atoms with Crippen molar-refractivity contribution in [3.05, 3.63) is 0 Å². The number of Topliss-reactive ketones (excluding diaryl/α,β-unsaturated/α-hetero) is 1. The van der Waals surface area contributed by atoms with E-state index in [1.165, 1.54) is 0 Å². The van der Waals surface area contributed by atoms with Crippen LogP contribution in [0.1, 0.15) is 12.8 Å². The fourth-order valence-corrected chi connectivity index (χ4v) is 1.76. The quantitative estimate of drug-likeness (QED) is 0.434. The van der Waals surface area contributed by atoms with Crippen molar-refractivity contribution in [2.24, 2.45) is 5.92 Å². The minimum Gasteiger partial charge on any atom is -0.298 e. The lowest BCUT2D eigenvalue weighted by Gasteiger charge is -2.37. The molecule has 2 nitrogen and oxygen atoms in total. The molecule has 0 saturated carbocycles. The highest BCUT2D eigenvalue weighted by molar-refractivity contribution is 5.84. The molecule has 3 aliphatic heterocycles. The highest BCUT2D eigenvalue weighted by atomic mass is 16.1. The van der Waals surface area contributed by atoms with Crippen molar-refractivity contribution in [3.63, 3.8) is 0 Å². The molecule has 0 N–H and O–H groups in total. The topological polar surface area (TPSA) is 20.3 Å². The van der Waals surface area contributed by atoms with E-state index in [1.54, 1.807) is 0 Å². The summed E-state index contributed by atoms with van der Waals surface area (Å²) in [5, 5.41) is 0. The Kier molecular flexibility index (Phi) is 1.09. The van der Waals surface area contributed by atoms with Gasteiger partial charge in [0, 0.05) is 5.92 Å². The van der Waals surface area contributed by atoms with Crippen molar-refractivity contribution < 1.29 is 4.79 Å². The molecule has 0 aromatic carbocycles. The van der Waals surface area contributed by atoms with E-state index in [0.29, 0.717) is 11.7 Å². The summed E-state index contributed by atoms with van der Waals surface area (Å²) in [6.45, 7) is 3.07. The van der Waals surface area contributed by atoms with E-state index in [2.05, 4.69) is 4.90 Å². The van der Waals surface area contributed by atoms with Crippen molar-refractivity contribution in [1.29, 1.82) is 0 Å². The number of carbonyl (C=O) groups excluding carboxylic acids is 1. The first-order chi connectivity index (χ1) is 4.36. The van der Waals surface area contributed by atoms with Crippen LogP contribution in [0.25, 0.3) is 0 Å². The van der Waals surface area contributed by atoms with Gasteiger partial charge in [-0.05, 0) is 25.9 Å². The van der Waals surface area contributed by atoms with Gasteiger partial charge in [-0.2, -0.15) is 0 Å². The number of hydrogen-bond acceptors (Lipinski definition) is 2. The van der Waals surface area contributed by atoms with Crippen molar-refractivity contribution in [2.75, 3.05) is 19.6 Å². The molecule has 9 heavy (non-hydrogen) atoms. The monoisotopic (exact) mass is 126 g/mol. The molecule has 3 saturated heterocycles. The maximum atomic E-state index is 11.0. The smallest absolute Gasteiger partial charge is 0.149 e. The van der Waals surface area contributed by atoms with Crippen LogP contribution in [-0.2, 0) is 4.79 Å². The van der Waals surface area contributed by atoms with Crippen LogP contribution in [0.5, 0.6) is 0 Å². The molecule has 0 spiro atoms. The van der Waals surface area contributed by atoms with E-state index >= 15 is 0 Å². The standard InChI is InChI=1S/C7H11NO/c9-7-5-8-3-1-6(7)2-4-8/h6H,1-5H2/i5+1. The highest BCUT2D eigenvalue weighted by Crippen LogP contribution is 2.23. The number of piperidine rings is 3. The summed E-state index contributed by atoms with van der Waals surface area (Å²) < 4.78 is 0. The molecule has 3 fully saturated rings. The van der Waals surface area contributed by atoms with Crippen LogP contribution in [0, 0.1) is 5.92 Å². The fraction of sp³-hybridized carbons (Fsp3) is 0.857. The minimum absolute atomic E-state index is 0.440. The largest absolute Gasteiger partial charge is 0.298 e. The molecule has 0 atom stereocenters. The normalized spacial score (nSPS) is 41.6. The molecule has 2 bridgehead atoms. The number of hydrogen-bond donors (Lipinski definition) is 0. The molecule has 3 heterocycles. The first kappa shape index (κ1) is 5.42. The zero-order valence-corrected chi connectivity index (χ0v) is 5.47. The summed E-state index contributed by atoms with van der Waals surface area (Å²) in [5.74, 6) is 0.919. The van der Waals surface area contributed by atoms with E-state index in [9.17, 15) is 4.79 Å². The molecule has 0 amide bonds. The molecule has 50 valence electrons. The average molecular weight is 126 g/mol. The second-order valence-electron chi connectivity index (χ2n) is 3.02. The molecular formula is C7H11NO. The Hall–Kier alpha value is -0.370. The van der Waals surface area contributed by atoms with Gasteiger partial charge in [0.25, 0.3) is 0 Å². The van der Waals surface area contributed by atoms with Crippen LogP contribution >= 0.6 is 0 Å². The van der Waals surface area contributed by atoms with Crippen molar-refractivity contribution in [3.8, 4) is 0 Å². The Morgan fingerprint density at radius 3 is 2.22 bits per heavy atom. The molecule has 2 heteroatoms. The lowest BCUT2D eigenvalue weighted by molar-refractivity contribution is -0.130. The van der Waals surface area contributed by atoms with Gasteiger partial charge in [0.05, 0.1) is 6.54 Å². The SMILES string of the molecule is O=C1[13CH2]N2CCC1CC2. The van der Waals surface area contributed by atoms with Crippen LogP contribution in [-0.4, -0.2) is 30.3 Å². The van der Waals surface area contributed by atoms with Gasteiger partial charge in [-0.3, -0.25) is 9.69 Å². The van der Waals surface area contributed by atoms with E-state index in [4.69, 9.17) is 0 Å². The molecule has 3 aliphatic rings. The third-order valence-corrected chi connectivity index (χ3v) is 2.42. The lowest BCUT2D eigenvalue weighted by Crippen LogP contribution is -2.47. The molecule has 0 unspecified atom stereocenters. The summed E-state index contributed by atoms with van der Waals surface area (Å²) >= 11 is 0. The zero-order valence-electron chi connectivity index (χ0n) is 5.47. The van der Waals surface area contributed by atoms with Gasteiger partial charge in [-0.1, -0.05) is 0 Å². The second-order valence-corrected chi connectivity index (χ2v) is 3.02. The maximum absolute atomic E-state index is 11.0. The number of rotatable bonds is 0. The van der Waals surface area contributed by atoms with Gasteiger partial charge in [0.15, 0.2) is 0 Å². The molecule has 0 aromatic heterocycles. The Labute approximate surface area is 54.8 Å². The summed E-state index contributed by atoms with van der Waals surface area (Å²) in [6, 6.07) is 0. The molecular weight excluding hydrogens is 115 g/mol. The van der Waals surface area contributed by atoms with Gasteiger partial charge < -0.3 is 0 Å². The van der Waals surface area contributed by atoms with Gasteiger partial charge in [0.1, 0.15) is 5.78 Å². The average Bonchev–Trinajstić information content (AvgIpc) is 1.90. The number of carbonyl (C=O) groups is 1. The Bertz CT molecular complexity index is 136. The first-order valence-electron chi connectivity index (χ1n) is 3.61. The van der Waals surface area contributed by atoms with Gasteiger partial charge in [0.2, 0.25) is 0 Å². The summed E-state index contributed by atoms with van der Waals surface area (Å²) in [7, 11) is 0. The second kappa shape index (κ2) is 1.81. The van der Waals surface area contributed by atoms with Gasteiger partial charge >= 0.3 is 0 Å². The van der Waals surface area contributed by atoms with Crippen LogP contribution in [0.3, 0.4) is 0 Å².